The highest BCUT2D eigenvalue weighted by atomic mass is 19.4. The van der Waals surface area contributed by atoms with Gasteiger partial charge in [-0.15, -0.1) is 0 Å². The second-order valence-electron chi connectivity index (χ2n) is 6.38. The molecule has 0 saturated carbocycles. The minimum Gasteiger partial charge on any atom is -0.459 e. The van der Waals surface area contributed by atoms with Crippen molar-refractivity contribution in [3.05, 3.63) is 70.8 Å². The van der Waals surface area contributed by atoms with Crippen molar-refractivity contribution in [3.8, 4) is 0 Å². The third-order valence-electron chi connectivity index (χ3n) is 5.08. The number of benzene rings is 2. The lowest BCUT2D eigenvalue weighted by Gasteiger charge is -2.45. The van der Waals surface area contributed by atoms with Crippen LogP contribution in [0.5, 0.6) is 0 Å². The van der Waals surface area contributed by atoms with Gasteiger partial charge < -0.3 is 4.74 Å². The van der Waals surface area contributed by atoms with Gasteiger partial charge in [0.25, 0.3) is 0 Å². The summed E-state index contributed by atoms with van der Waals surface area (Å²) in [7, 11) is 0. The topological polar surface area (TPSA) is 26.3 Å². The molecular formula is C19H15F3O2. The second kappa shape index (κ2) is 5.36. The van der Waals surface area contributed by atoms with Crippen LogP contribution in [-0.4, -0.2) is 18.8 Å². The van der Waals surface area contributed by atoms with E-state index in [1.54, 1.807) is 0 Å². The van der Waals surface area contributed by atoms with E-state index in [9.17, 15) is 18.0 Å². The van der Waals surface area contributed by atoms with Crippen molar-refractivity contribution in [2.45, 2.75) is 24.4 Å². The molecule has 0 saturated heterocycles. The summed E-state index contributed by atoms with van der Waals surface area (Å²) in [5, 5.41) is 0. The van der Waals surface area contributed by atoms with Crippen LogP contribution in [0.15, 0.2) is 48.5 Å². The summed E-state index contributed by atoms with van der Waals surface area (Å²) in [5.41, 5.74) is 4.75. The van der Waals surface area contributed by atoms with Crippen LogP contribution in [0.1, 0.15) is 40.5 Å². The maximum Gasteiger partial charge on any atom is 0.490 e. The molecule has 0 amide bonds. The Morgan fingerprint density at radius 2 is 1.46 bits per heavy atom. The number of carbonyl (C=O) groups is 1. The van der Waals surface area contributed by atoms with E-state index < -0.39 is 12.1 Å². The number of alkyl halides is 3. The molecule has 0 fully saturated rings. The Morgan fingerprint density at radius 1 is 0.958 bits per heavy atom. The molecule has 3 aliphatic carbocycles. The number of hydrogen-bond acceptors (Lipinski definition) is 2. The van der Waals surface area contributed by atoms with Crippen LogP contribution in [0, 0.1) is 5.92 Å². The molecule has 0 aliphatic heterocycles. The van der Waals surface area contributed by atoms with Gasteiger partial charge in [-0.1, -0.05) is 48.5 Å². The first kappa shape index (κ1) is 15.2. The van der Waals surface area contributed by atoms with Crippen molar-refractivity contribution in [2.24, 2.45) is 5.92 Å². The number of fused-ring (bicyclic) bond motifs is 1. The van der Waals surface area contributed by atoms with E-state index in [1.807, 2.05) is 36.4 Å². The average molecular weight is 332 g/mol. The van der Waals surface area contributed by atoms with Gasteiger partial charge in [0.15, 0.2) is 0 Å². The molecule has 0 aromatic heterocycles. The molecule has 0 unspecified atom stereocenters. The fourth-order valence-electron chi connectivity index (χ4n) is 4.19. The molecule has 0 heterocycles. The maximum absolute atomic E-state index is 12.4. The molecule has 0 N–H and O–H groups in total. The zero-order valence-electron chi connectivity index (χ0n) is 12.7. The smallest absolute Gasteiger partial charge is 0.459 e. The monoisotopic (exact) mass is 332 g/mol. The van der Waals surface area contributed by atoms with Crippen molar-refractivity contribution in [2.75, 3.05) is 6.61 Å². The van der Waals surface area contributed by atoms with Crippen LogP contribution in [-0.2, 0) is 9.53 Å². The average Bonchev–Trinajstić information content (AvgIpc) is 2.59. The molecule has 24 heavy (non-hydrogen) atoms. The Morgan fingerprint density at radius 3 is 1.96 bits per heavy atom. The van der Waals surface area contributed by atoms with Gasteiger partial charge in [0, 0.05) is 17.8 Å². The van der Waals surface area contributed by atoms with Gasteiger partial charge in [-0.2, -0.15) is 13.2 Å². The number of carbonyl (C=O) groups excluding carboxylic acids is 1. The van der Waals surface area contributed by atoms with E-state index in [1.165, 1.54) is 11.1 Å². The Kier molecular flexibility index (Phi) is 3.41. The molecule has 0 spiro atoms. The molecule has 0 radical (unpaired) electrons. The Balaban J connectivity index is 1.67. The van der Waals surface area contributed by atoms with Gasteiger partial charge in [-0.25, -0.2) is 4.79 Å². The zero-order chi connectivity index (χ0) is 16.9. The zero-order valence-corrected chi connectivity index (χ0v) is 12.7. The quantitative estimate of drug-likeness (QED) is 0.763. The third-order valence-corrected chi connectivity index (χ3v) is 5.08. The van der Waals surface area contributed by atoms with E-state index in [0.29, 0.717) is 6.42 Å². The molecular weight excluding hydrogens is 317 g/mol. The fourth-order valence-corrected chi connectivity index (χ4v) is 4.19. The molecule has 2 bridgehead atoms. The minimum atomic E-state index is -4.94. The normalized spacial score (nSPS) is 24.2. The summed E-state index contributed by atoms with van der Waals surface area (Å²) < 4.78 is 41.7. The highest BCUT2D eigenvalue weighted by Gasteiger charge is 2.45. The van der Waals surface area contributed by atoms with Crippen molar-refractivity contribution in [1.29, 1.82) is 0 Å². The minimum absolute atomic E-state index is 0.0246. The first-order valence-electron chi connectivity index (χ1n) is 7.88. The van der Waals surface area contributed by atoms with Crippen molar-refractivity contribution in [3.63, 3.8) is 0 Å². The van der Waals surface area contributed by atoms with E-state index in [-0.39, 0.29) is 24.4 Å². The summed E-state index contributed by atoms with van der Waals surface area (Å²) in [6.45, 7) is -0.206. The molecule has 2 nitrogen and oxygen atoms in total. The number of esters is 1. The standard InChI is InChI=1S/C19H15F3O2/c20-19(21,22)18(23)24-10-11-9-16-12-5-1-3-7-14(12)17(11)15-8-4-2-6-13(15)16/h1-8,11,16-17H,9-10H2/t11-,16?,17?/m0/s1. The highest BCUT2D eigenvalue weighted by molar-refractivity contribution is 5.75. The van der Waals surface area contributed by atoms with Gasteiger partial charge in [0.2, 0.25) is 0 Å². The maximum atomic E-state index is 12.4. The Labute approximate surface area is 137 Å². The molecule has 2 aromatic rings. The van der Waals surface area contributed by atoms with E-state index in [0.717, 1.165) is 11.1 Å². The molecule has 5 rings (SSSR count). The summed E-state index contributed by atoms with van der Waals surface area (Å²) in [4.78, 5) is 11.1. The van der Waals surface area contributed by atoms with Crippen molar-refractivity contribution < 1.29 is 22.7 Å². The van der Waals surface area contributed by atoms with E-state index in [4.69, 9.17) is 0 Å². The summed E-state index contributed by atoms with van der Waals surface area (Å²) in [5.74, 6) is -2.11. The molecule has 5 heteroatoms. The lowest BCUT2D eigenvalue weighted by atomic mass is 9.59. The number of halogens is 3. The predicted molar refractivity (Wildman–Crippen MR) is 81.7 cm³/mol. The summed E-state index contributed by atoms with van der Waals surface area (Å²) in [6, 6.07) is 16.1. The fraction of sp³-hybridized carbons (Fsp3) is 0.316. The lowest BCUT2D eigenvalue weighted by molar-refractivity contribution is -0.201. The van der Waals surface area contributed by atoms with Gasteiger partial charge >= 0.3 is 12.1 Å². The van der Waals surface area contributed by atoms with Crippen molar-refractivity contribution in [1.82, 2.24) is 0 Å². The van der Waals surface area contributed by atoms with Crippen LogP contribution in [0.25, 0.3) is 0 Å². The molecule has 1 atom stereocenters. The van der Waals surface area contributed by atoms with Crippen LogP contribution in [0.3, 0.4) is 0 Å². The van der Waals surface area contributed by atoms with Crippen LogP contribution in [0.4, 0.5) is 13.2 Å². The van der Waals surface area contributed by atoms with Crippen molar-refractivity contribution >= 4 is 5.97 Å². The Bertz CT molecular complexity index is 750. The van der Waals surface area contributed by atoms with E-state index >= 15 is 0 Å². The van der Waals surface area contributed by atoms with Gasteiger partial charge in [-0.05, 0) is 28.7 Å². The lowest BCUT2D eigenvalue weighted by Crippen LogP contribution is -2.36. The highest BCUT2D eigenvalue weighted by Crippen LogP contribution is 2.55. The largest absolute Gasteiger partial charge is 0.490 e. The Hall–Kier alpha value is -2.30. The van der Waals surface area contributed by atoms with Crippen LogP contribution < -0.4 is 0 Å². The molecule has 124 valence electrons. The summed E-state index contributed by atoms with van der Waals surface area (Å²) >= 11 is 0. The second-order valence-corrected chi connectivity index (χ2v) is 6.38. The van der Waals surface area contributed by atoms with Crippen LogP contribution >= 0.6 is 0 Å². The number of ether oxygens (including phenoxy) is 1. The van der Waals surface area contributed by atoms with Gasteiger partial charge in [0.05, 0.1) is 6.61 Å². The molecule has 2 aromatic carbocycles. The first-order chi connectivity index (χ1) is 11.5. The molecule has 3 aliphatic rings. The first-order valence-corrected chi connectivity index (χ1v) is 7.88. The van der Waals surface area contributed by atoms with Crippen LogP contribution in [0.2, 0.25) is 0 Å². The predicted octanol–water partition coefficient (Wildman–Crippen LogP) is 4.39. The van der Waals surface area contributed by atoms with E-state index in [2.05, 4.69) is 16.9 Å². The summed E-state index contributed by atoms with van der Waals surface area (Å²) in [6.07, 6.45) is -4.24. The van der Waals surface area contributed by atoms with Gasteiger partial charge in [0.1, 0.15) is 0 Å². The number of hydrogen-bond donors (Lipinski definition) is 0. The van der Waals surface area contributed by atoms with Gasteiger partial charge in [-0.3, -0.25) is 0 Å². The SMILES string of the molecule is O=C(OC[C@@H]1CC2c3ccccc3C1c1ccccc12)C(F)(F)F. The third kappa shape index (κ3) is 2.30. The number of rotatable bonds is 2.